The summed E-state index contributed by atoms with van der Waals surface area (Å²) >= 11 is 6.91. The van der Waals surface area contributed by atoms with E-state index >= 15 is 0 Å². The number of thioether (sulfide) groups is 1. The van der Waals surface area contributed by atoms with Gasteiger partial charge < -0.3 is 9.64 Å². The average molecular weight is 559 g/mol. The summed E-state index contributed by atoms with van der Waals surface area (Å²) in [5.41, 5.74) is 1.22. The van der Waals surface area contributed by atoms with Gasteiger partial charge in [-0.1, -0.05) is 76.4 Å². The number of hydrogen-bond donors (Lipinski definition) is 0. The lowest BCUT2D eigenvalue weighted by Crippen LogP contribution is -2.48. The number of aromatic nitrogens is 1. The highest BCUT2D eigenvalue weighted by molar-refractivity contribution is 8.26. The Morgan fingerprint density at radius 3 is 2.29 bits per heavy atom. The highest BCUT2D eigenvalue weighted by atomic mass is 32.2. The zero-order chi connectivity index (χ0) is 27.8. The fraction of sp³-hybridized carbons (Fsp3) is 0.655. The van der Waals surface area contributed by atoms with Gasteiger partial charge in [0.15, 0.2) is 0 Å². The molecule has 2 saturated heterocycles. The number of thiocarbonyl (C=S) groups is 1. The van der Waals surface area contributed by atoms with Gasteiger partial charge in [-0.15, -0.1) is 0 Å². The van der Waals surface area contributed by atoms with Gasteiger partial charge in [-0.05, 0) is 45.3 Å². The molecule has 7 nitrogen and oxygen atoms in total. The molecule has 2 fully saturated rings. The van der Waals surface area contributed by atoms with Crippen LogP contribution in [0, 0.1) is 18.3 Å². The summed E-state index contributed by atoms with van der Waals surface area (Å²) in [5, 5.41) is 9.91. The predicted octanol–water partition coefficient (Wildman–Crippen LogP) is 6.00. The van der Waals surface area contributed by atoms with Gasteiger partial charge in [-0.3, -0.25) is 19.1 Å². The number of morpholine rings is 1. The van der Waals surface area contributed by atoms with Crippen molar-refractivity contribution in [1.82, 2.24) is 9.47 Å². The summed E-state index contributed by atoms with van der Waals surface area (Å²) in [4.78, 5) is 31.4. The summed E-state index contributed by atoms with van der Waals surface area (Å²) < 4.78 is 8.28. The molecule has 0 aliphatic carbocycles. The highest BCUT2D eigenvalue weighted by Crippen LogP contribution is 2.36. The fourth-order valence-corrected chi connectivity index (χ4v) is 6.52. The first-order valence-electron chi connectivity index (χ1n) is 14.1. The Balaban J connectivity index is 2.02. The van der Waals surface area contributed by atoms with E-state index in [0.29, 0.717) is 41.0 Å². The highest BCUT2D eigenvalue weighted by Gasteiger charge is 2.34. The molecule has 3 rings (SSSR count). The molecule has 0 bridgehead atoms. The number of anilines is 1. The van der Waals surface area contributed by atoms with Crippen LogP contribution in [0.25, 0.3) is 6.08 Å². The van der Waals surface area contributed by atoms with Crippen molar-refractivity contribution >= 4 is 46.1 Å². The van der Waals surface area contributed by atoms with Crippen LogP contribution in [0.15, 0.2) is 9.70 Å². The van der Waals surface area contributed by atoms with Crippen LogP contribution < -0.4 is 10.5 Å². The van der Waals surface area contributed by atoms with E-state index in [2.05, 4.69) is 24.8 Å². The molecule has 0 aromatic carbocycles. The summed E-state index contributed by atoms with van der Waals surface area (Å²) in [5.74, 6) is 0.676. The maximum absolute atomic E-state index is 13.5. The second kappa shape index (κ2) is 14.3. The topological polar surface area (TPSA) is 78.6 Å². The van der Waals surface area contributed by atoms with Gasteiger partial charge in [0.2, 0.25) is 0 Å². The Bertz CT molecular complexity index is 1140. The Kier molecular flexibility index (Phi) is 11.4. The minimum Gasteiger partial charge on any atom is -0.372 e. The zero-order valence-electron chi connectivity index (χ0n) is 23.5. The number of pyridine rings is 1. The third-order valence-corrected chi connectivity index (χ3v) is 8.56. The van der Waals surface area contributed by atoms with Crippen molar-refractivity contribution in [3.8, 4) is 6.07 Å². The van der Waals surface area contributed by atoms with E-state index in [1.807, 2.05) is 26.8 Å². The lowest BCUT2D eigenvalue weighted by atomic mass is 10.0. The minimum atomic E-state index is -0.270. The number of carbonyl (C=O) groups is 1. The standard InChI is InChI=1S/C29H42N4O3S2/c1-6-8-10-11-12-13-15-33-28(35)25(38-29(33)37)16-23-22(5)24(17-30)27(34)32(14-9-7-2)26(23)31-18-20(3)36-21(4)19-31/h16,20-21H,6-15,18-19H2,1-5H3. The van der Waals surface area contributed by atoms with Gasteiger partial charge >= 0.3 is 0 Å². The number of nitrogens with zero attached hydrogens (tertiary/aromatic N) is 4. The van der Waals surface area contributed by atoms with Gasteiger partial charge in [0.1, 0.15) is 21.8 Å². The Morgan fingerprint density at radius 1 is 1.03 bits per heavy atom. The molecule has 1 aromatic rings. The van der Waals surface area contributed by atoms with E-state index in [4.69, 9.17) is 17.0 Å². The van der Waals surface area contributed by atoms with Crippen molar-refractivity contribution in [3.05, 3.63) is 31.9 Å². The van der Waals surface area contributed by atoms with E-state index < -0.39 is 0 Å². The van der Waals surface area contributed by atoms with Gasteiger partial charge in [0.05, 0.1) is 17.1 Å². The van der Waals surface area contributed by atoms with Gasteiger partial charge in [0.25, 0.3) is 11.5 Å². The molecule has 2 unspecified atom stereocenters. The minimum absolute atomic E-state index is 0.00665. The zero-order valence-corrected chi connectivity index (χ0v) is 25.2. The normalized spacial score (nSPS) is 21.0. The van der Waals surface area contributed by atoms with Crippen molar-refractivity contribution in [3.63, 3.8) is 0 Å². The molecule has 9 heteroatoms. The maximum atomic E-state index is 13.5. The third kappa shape index (κ3) is 7.08. The van der Waals surface area contributed by atoms with Crippen molar-refractivity contribution in [1.29, 1.82) is 5.26 Å². The van der Waals surface area contributed by atoms with Crippen molar-refractivity contribution in [2.45, 2.75) is 105 Å². The summed E-state index contributed by atoms with van der Waals surface area (Å²) in [7, 11) is 0. The van der Waals surface area contributed by atoms with E-state index in [1.165, 1.54) is 37.4 Å². The van der Waals surface area contributed by atoms with Crippen molar-refractivity contribution in [2.75, 3.05) is 24.5 Å². The molecule has 208 valence electrons. The number of unbranched alkanes of at least 4 members (excludes halogenated alkanes) is 6. The first-order valence-corrected chi connectivity index (χ1v) is 15.3. The molecule has 0 radical (unpaired) electrons. The maximum Gasteiger partial charge on any atom is 0.270 e. The van der Waals surface area contributed by atoms with Gasteiger partial charge in [-0.2, -0.15) is 5.26 Å². The van der Waals surface area contributed by atoms with Crippen LogP contribution >= 0.6 is 24.0 Å². The molecule has 1 amide bonds. The van der Waals surface area contributed by atoms with Crippen LogP contribution in [0.1, 0.15) is 95.8 Å². The number of carbonyl (C=O) groups excluding carboxylic acids is 1. The van der Waals surface area contributed by atoms with E-state index in [-0.39, 0.29) is 29.2 Å². The van der Waals surface area contributed by atoms with Crippen molar-refractivity contribution < 1.29 is 9.53 Å². The second-order valence-electron chi connectivity index (χ2n) is 10.4. The summed E-state index contributed by atoms with van der Waals surface area (Å²) in [6.07, 6.45) is 10.5. The third-order valence-electron chi connectivity index (χ3n) is 7.19. The molecule has 2 atom stereocenters. The lowest BCUT2D eigenvalue weighted by Gasteiger charge is -2.39. The van der Waals surface area contributed by atoms with Crippen LogP contribution in [0.4, 0.5) is 5.82 Å². The quantitative estimate of drug-likeness (QED) is 0.177. The molecular weight excluding hydrogens is 516 g/mol. The Hall–Kier alpha value is -2.15. The lowest BCUT2D eigenvalue weighted by molar-refractivity contribution is -0.122. The molecule has 1 aromatic heterocycles. The molecule has 38 heavy (non-hydrogen) atoms. The first kappa shape index (κ1) is 30.4. The molecular formula is C29H42N4O3S2. The number of hydrogen-bond acceptors (Lipinski definition) is 7. The first-order chi connectivity index (χ1) is 18.2. The van der Waals surface area contributed by atoms with Crippen LogP contribution in [-0.4, -0.2) is 51.5 Å². The molecule has 0 saturated carbocycles. The Labute approximate surface area is 237 Å². The second-order valence-corrected chi connectivity index (χ2v) is 12.1. The van der Waals surface area contributed by atoms with Crippen molar-refractivity contribution in [2.24, 2.45) is 0 Å². The summed E-state index contributed by atoms with van der Waals surface area (Å²) in [6.45, 7) is 12.5. The summed E-state index contributed by atoms with van der Waals surface area (Å²) in [6, 6.07) is 2.14. The number of amides is 1. The molecule has 0 spiro atoms. The SMILES string of the molecule is CCCCCCCCN1C(=O)C(=Cc2c(C)c(C#N)c(=O)n(CCCC)c2N2CC(C)OC(C)C2)SC1=S. The average Bonchev–Trinajstić information content (AvgIpc) is 3.13. The van der Waals surface area contributed by atoms with Crippen LogP contribution in [0.5, 0.6) is 0 Å². The van der Waals surface area contributed by atoms with E-state index in [1.54, 1.807) is 9.47 Å². The fourth-order valence-electron chi connectivity index (χ4n) is 5.23. The van der Waals surface area contributed by atoms with E-state index in [0.717, 1.165) is 37.1 Å². The Morgan fingerprint density at radius 2 is 1.66 bits per heavy atom. The molecule has 2 aliphatic heterocycles. The number of rotatable bonds is 12. The van der Waals surface area contributed by atoms with Gasteiger partial charge in [0, 0.05) is 31.7 Å². The monoisotopic (exact) mass is 558 g/mol. The van der Waals surface area contributed by atoms with Crippen LogP contribution in [0.2, 0.25) is 0 Å². The number of ether oxygens (including phenoxy) is 1. The smallest absolute Gasteiger partial charge is 0.270 e. The largest absolute Gasteiger partial charge is 0.372 e. The van der Waals surface area contributed by atoms with Crippen LogP contribution in [0.3, 0.4) is 0 Å². The number of nitriles is 1. The predicted molar refractivity (Wildman–Crippen MR) is 161 cm³/mol. The molecule has 0 N–H and O–H groups in total. The van der Waals surface area contributed by atoms with E-state index in [9.17, 15) is 14.9 Å². The molecule has 3 heterocycles. The van der Waals surface area contributed by atoms with Gasteiger partial charge in [-0.25, -0.2) is 0 Å². The molecule has 2 aliphatic rings. The van der Waals surface area contributed by atoms with Crippen LogP contribution in [-0.2, 0) is 16.1 Å².